The number of fused-ring (bicyclic) bond motifs is 1. The van der Waals surface area contributed by atoms with E-state index in [0.29, 0.717) is 5.75 Å². The summed E-state index contributed by atoms with van der Waals surface area (Å²) in [5.41, 5.74) is 0.911. The molecular weight excluding hydrogens is 376 g/mol. The van der Waals surface area contributed by atoms with Gasteiger partial charge >= 0.3 is 5.97 Å². The highest BCUT2D eigenvalue weighted by Crippen LogP contribution is 2.28. The minimum atomic E-state index is -0.804. The number of esters is 1. The molecular formula is C21H22N2O4S. The molecule has 0 bridgehead atoms. The number of thiazole rings is 1. The molecule has 0 radical (unpaired) electrons. The molecule has 1 amide bonds. The van der Waals surface area contributed by atoms with Gasteiger partial charge in [-0.15, -0.1) is 11.3 Å². The number of hydrogen-bond donors (Lipinski definition) is 0. The van der Waals surface area contributed by atoms with Crippen LogP contribution in [0.3, 0.4) is 0 Å². The molecule has 2 atom stereocenters. The Hall–Kier alpha value is -2.93. The number of nitrogens with zero attached hydrogens (tertiary/aromatic N) is 2. The second-order valence-corrected chi connectivity index (χ2v) is 7.44. The second-order valence-electron chi connectivity index (χ2n) is 6.38. The number of rotatable bonds is 7. The van der Waals surface area contributed by atoms with E-state index in [9.17, 15) is 9.59 Å². The summed E-state index contributed by atoms with van der Waals surface area (Å²) in [6.07, 6.45) is -0.804. The zero-order valence-electron chi connectivity index (χ0n) is 16.0. The number of carbonyl (C=O) groups excluding carboxylic acids is 2. The average molecular weight is 398 g/mol. The van der Waals surface area contributed by atoms with E-state index >= 15 is 0 Å². The van der Waals surface area contributed by atoms with Gasteiger partial charge in [0.05, 0.1) is 16.3 Å². The molecule has 0 saturated heterocycles. The molecule has 3 rings (SSSR count). The molecule has 0 saturated carbocycles. The maximum Gasteiger partial charge on any atom is 0.347 e. The molecule has 0 N–H and O–H groups in total. The van der Waals surface area contributed by atoms with E-state index in [1.54, 1.807) is 37.4 Å². The van der Waals surface area contributed by atoms with E-state index in [0.717, 1.165) is 15.2 Å². The summed E-state index contributed by atoms with van der Waals surface area (Å²) < 4.78 is 11.7. The summed E-state index contributed by atoms with van der Waals surface area (Å²) in [6, 6.07) is 16.6. The van der Waals surface area contributed by atoms with E-state index in [-0.39, 0.29) is 18.6 Å². The molecule has 1 aromatic heterocycles. The smallest absolute Gasteiger partial charge is 0.347 e. The number of para-hydroxylation sites is 2. The zero-order chi connectivity index (χ0) is 20.1. The van der Waals surface area contributed by atoms with Crippen LogP contribution >= 0.6 is 11.3 Å². The molecule has 0 aliphatic heterocycles. The Morgan fingerprint density at radius 3 is 2.46 bits per heavy atom. The van der Waals surface area contributed by atoms with Gasteiger partial charge < -0.3 is 14.4 Å². The van der Waals surface area contributed by atoms with Crippen LogP contribution in [0, 0.1) is 0 Å². The van der Waals surface area contributed by atoms with Crippen LogP contribution in [0.15, 0.2) is 54.6 Å². The normalized spacial score (nSPS) is 13.0. The Morgan fingerprint density at radius 1 is 1.07 bits per heavy atom. The van der Waals surface area contributed by atoms with Crippen LogP contribution in [0.2, 0.25) is 0 Å². The first kappa shape index (κ1) is 19.8. The molecule has 0 unspecified atom stereocenters. The van der Waals surface area contributed by atoms with Gasteiger partial charge in [0.2, 0.25) is 0 Å². The van der Waals surface area contributed by atoms with Gasteiger partial charge in [-0.2, -0.15) is 0 Å². The number of aromatic nitrogens is 1. The monoisotopic (exact) mass is 398 g/mol. The van der Waals surface area contributed by atoms with E-state index in [2.05, 4.69) is 4.98 Å². The Morgan fingerprint density at radius 2 is 1.75 bits per heavy atom. The molecule has 3 aromatic rings. The van der Waals surface area contributed by atoms with Crippen LogP contribution in [-0.2, 0) is 14.3 Å². The van der Waals surface area contributed by atoms with Crippen LogP contribution in [0.25, 0.3) is 10.2 Å². The predicted octanol–water partition coefficient (Wildman–Crippen LogP) is 3.83. The van der Waals surface area contributed by atoms with Crippen molar-refractivity contribution in [1.29, 1.82) is 0 Å². The number of carbonyl (C=O) groups is 2. The molecule has 7 heteroatoms. The minimum Gasteiger partial charge on any atom is -0.479 e. The summed E-state index contributed by atoms with van der Waals surface area (Å²) >= 11 is 1.55. The largest absolute Gasteiger partial charge is 0.479 e. The van der Waals surface area contributed by atoms with Gasteiger partial charge in [-0.05, 0) is 38.1 Å². The fourth-order valence-electron chi connectivity index (χ4n) is 2.55. The SMILES string of the molecule is C[C@H](Oc1ccccc1)C(=O)OCC(=O)N(C)[C@@H](C)c1nc2ccccc2s1. The van der Waals surface area contributed by atoms with Gasteiger partial charge in [-0.25, -0.2) is 9.78 Å². The van der Waals surface area contributed by atoms with Crippen molar-refractivity contribution in [2.75, 3.05) is 13.7 Å². The van der Waals surface area contributed by atoms with Gasteiger partial charge in [-0.3, -0.25) is 4.79 Å². The molecule has 1 heterocycles. The van der Waals surface area contributed by atoms with Crippen molar-refractivity contribution in [2.24, 2.45) is 0 Å². The Labute approximate surface area is 167 Å². The topological polar surface area (TPSA) is 68.7 Å². The number of hydrogen-bond acceptors (Lipinski definition) is 6. The van der Waals surface area contributed by atoms with E-state index in [1.165, 1.54) is 4.90 Å². The van der Waals surface area contributed by atoms with Crippen LogP contribution in [0.1, 0.15) is 24.9 Å². The lowest BCUT2D eigenvalue weighted by Crippen LogP contribution is -2.35. The fourth-order valence-corrected chi connectivity index (χ4v) is 3.62. The number of amides is 1. The lowest BCUT2D eigenvalue weighted by Gasteiger charge is -2.23. The molecule has 0 spiro atoms. The van der Waals surface area contributed by atoms with Crippen molar-refractivity contribution in [1.82, 2.24) is 9.88 Å². The van der Waals surface area contributed by atoms with Gasteiger partial charge in [0.15, 0.2) is 12.7 Å². The lowest BCUT2D eigenvalue weighted by molar-refractivity contribution is -0.157. The summed E-state index contributed by atoms with van der Waals surface area (Å²) in [5.74, 6) is -0.315. The molecule has 6 nitrogen and oxygen atoms in total. The van der Waals surface area contributed by atoms with Gasteiger partial charge in [0, 0.05) is 7.05 Å². The minimum absolute atomic E-state index is 0.221. The van der Waals surface area contributed by atoms with Gasteiger partial charge in [-0.1, -0.05) is 30.3 Å². The molecule has 146 valence electrons. The highest BCUT2D eigenvalue weighted by atomic mass is 32.1. The summed E-state index contributed by atoms with van der Waals surface area (Å²) in [4.78, 5) is 30.7. The van der Waals surface area contributed by atoms with Crippen molar-refractivity contribution < 1.29 is 19.1 Å². The Bertz CT molecular complexity index is 924. The zero-order valence-corrected chi connectivity index (χ0v) is 16.8. The van der Waals surface area contributed by atoms with E-state index in [1.807, 2.05) is 49.4 Å². The standard InChI is InChI=1S/C21H22N2O4S/c1-14(20-22-17-11-7-8-12-18(17)28-20)23(3)19(24)13-26-21(25)15(2)27-16-9-5-4-6-10-16/h4-12,14-15H,13H2,1-3H3/t14-,15-/m0/s1. The third-order valence-electron chi connectivity index (χ3n) is 4.37. The summed E-state index contributed by atoms with van der Waals surface area (Å²) in [5, 5.41) is 0.837. The average Bonchev–Trinajstić information content (AvgIpc) is 3.15. The lowest BCUT2D eigenvalue weighted by atomic mass is 10.3. The third kappa shape index (κ3) is 4.67. The first-order valence-electron chi connectivity index (χ1n) is 8.95. The molecule has 2 aromatic carbocycles. The maximum atomic E-state index is 12.4. The third-order valence-corrected chi connectivity index (χ3v) is 5.57. The Kier molecular flexibility index (Phi) is 6.26. The first-order valence-corrected chi connectivity index (χ1v) is 9.77. The quantitative estimate of drug-likeness (QED) is 0.566. The molecule has 0 fully saturated rings. The number of benzene rings is 2. The van der Waals surface area contributed by atoms with Crippen molar-refractivity contribution >= 4 is 33.4 Å². The highest BCUT2D eigenvalue weighted by molar-refractivity contribution is 7.18. The number of likely N-dealkylation sites (N-methyl/N-ethyl adjacent to an activating group) is 1. The molecule has 28 heavy (non-hydrogen) atoms. The summed E-state index contributed by atoms with van der Waals surface area (Å²) in [6.45, 7) is 3.15. The van der Waals surface area contributed by atoms with E-state index < -0.39 is 12.1 Å². The van der Waals surface area contributed by atoms with Crippen molar-refractivity contribution in [3.8, 4) is 5.75 Å². The first-order chi connectivity index (χ1) is 13.5. The Balaban J connectivity index is 1.53. The predicted molar refractivity (Wildman–Crippen MR) is 108 cm³/mol. The van der Waals surface area contributed by atoms with Gasteiger partial charge in [0.25, 0.3) is 5.91 Å². The molecule has 0 aliphatic rings. The highest BCUT2D eigenvalue weighted by Gasteiger charge is 2.23. The van der Waals surface area contributed by atoms with Crippen LogP contribution in [0.4, 0.5) is 0 Å². The van der Waals surface area contributed by atoms with Gasteiger partial charge in [0.1, 0.15) is 10.8 Å². The number of ether oxygens (including phenoxy) is 2. The van der Waals surface area contributed by atoms with Crippen molar-refractivity contribution in [3.05, 3.63) is 59.6 Å². The summed E-state index contributed by atoms with van der Waals surface area (Å²) in [7, 11) is 1.68. The molecule has 0 aliphatic carbocycles. The van der Waals surface area contributed by atoms with Crippen molar-refractivity contribution in [3.63, 3.8) is 0 Å². The maximum absolute atomic E-state index is 12.4. The second kappa shape index (κ2) is 8.84. The van der Waals surface area contributed by atoms with E-state index in [4.69, 9.17) is 9.47 Å². The van der Waals surface area contributed by atoms with Crippen molar-refractivity contribution in [2.45, 2.75) is 26.0 Å². The van der Waals surface area contributed by atoms with Crippen LogP contribution < -0.4 is 4.74 Å². The van der Waals surface area contributed by atoms with Crippen LogP contribution in [-0.4, -0.2) is 41.5 Å². The van der Waals surface area contributed by atoms with Crippen LogP contribution in [0.5, 0.6) is 5.75 Å². The fraction of sp³-hybridized carbons (Fsp3) is 0.286.